The lowest BCUT2D eigenvalue weighted by Crippen LogP contribution is -2.22. The number of nitrogens with zero attached hydrogens (tertiary/aromatic N) is 3. The predicted molar refractivity (Wildman–Crippen MR) is 76.8 cm³/mol. The number of hydrogen-bond acceptors (Lipinski definition) is 3. The van der Waals surface area contributed by atoms with Crippen LogP contribution in [-0.4, -0.2) is 14.8 Å². The molecule has 4 nitrogen and oxygen atoms in total. The maximum Gasteiger partial charge on any atom is 0.141 e. The predicted octanol–water partition coefficient (Wildman–Crippen LogP) is 3.02. The summed E-state index contributed by atoms with van der Waals surface area (Å²) in [4.78, 5) is 4.31. The van der Waals surface area contributed by atoms with Crippen LogP contribution in [0.15, 0.2) is 30.6 Å². The van der Waals surface area contributed by atoms with Crippen LogP contribution in [0.3, 0.4) is 0 Å². The molecule has 102 valence electrons. The van der Waals surface area contributed by atoms with Gasteiger partial charge in [0.2, 0.25) is 0 Å². The molecule has 0 radical (unpaired) electrons. The summed E-state index contributed by atoms with van der Waals surface area (Å²) in [5, 5.41) is 7.76. The molecule has 0 aliphatic heterocycles. The summed E-state index contributed by atoms with van der Waals surface area (Å²) >= 11 is 0. The Morgan fingerprint density at radius 2 is 1.95 bits per heavy atom. The Morgan fingerprint density at radius 1 is 1.21 bits per heavy atom. The van der Waals surface area contributed by atoms with E-state index in [1.807, 2.05) is 4.68 Å². The van der Waals surface area contributed by atoms with Gasteiger partial charge in [0.05, 0.1) is 6.54 Å². The molecule has 0 saturated heterocycles. The van der Waals surface area contributed by atoms with Crippen molar-refractivity contribution in [2.45, 2.75) is 46.3 Å². The molecule has 4 heteroatoms. The molecule has 1 N–H and O–H groups in total. The second-order valence-electron chi connectivity index (χ2n) is 5.17. The third kappa shape index (κ3) is 3.20. The topological polar surface area (TPSA) is 42.7 Å². The van der Waals surface area contributed by atoms with E-state index < -0.39 is 0 Å². The molecule has 1 atom stereocenters. The zero-order chi connectivity index (χ0) is 13.8. The lowest BCUT2D eigenvalue weighted by molar-refractivity contribution is 0.473. The maximum absolute atomic E-state index is 4.31. The number of aromatic nitrogens is 3. The third-order valence-electron chi connectivity index (χ3n) is 3.36. The Hall–Kier alpha value is -1.68. The van der Waals surface area contributed by atoms with E-state index >= 15 is 0 Å². The van der Waals surface area contributed by atoms with Gasteiger partial charge in [-0.3, -0.25) is 0 Å². The van der Waals surface area contributed by atoms with Gasteiger partial charge in [0, 0.05) is 12.1 Å². The van der Waals surface area contributed by atoms with Crippen LogP contribution in [0.25, 0.3) is 0 Å². The molecule has 1 aromatic carbocycles. The molecule has 1 heterocycles. The first kappa shape index (κ1) is 13.7. The Bertz CT molecular complexity index is 530. The van der Waals surface area contributed by atoms with Gasteiger partial charge in [-0.15, -0.1) is 0 Å². The molecule has 0 amide bonds. The first-order valence-electron chi connectivity index (χ1n) is 6.77. The molecule has 1 aromatic heterocycles. The summed E-state index contributed by atoms with van der Waals surface area (Å²) in [6.07, 6.45) is 1.62. The molecule has 0 bridgehead atoms. The fourth-order valence-electron chi connectivity index (χ4n) is 2.26. The van der Waals surface area contributed by atoms with E-state index in [9.17, 15) is 0 Å². The average Bonchev–Trinajstić information content (AvgIpc) is 2.85. The number of aryl methyl sites for hydroxylation is 1. The second-order valence-corrected chi connectivity index (χ2v) is 5.17. The van der Waals surface area contributed by atoms with E-state index in [4.69, 9.17) is 0 Å². The normalized spacial score (nSPS) is 12.9. The van der Waals surface area contributed by atoms with Crippen molar-refractivity contribution in [1.82, 2.24) is 20.1 Å². The summed E-state index contributed by atoms with van der Waals surface area (Å²) in [6.45, 7) is 9.28. The molecule has 0 unspecified atom stereocenters. The second kappa shape index (κ2) is 5.97. The van der Waals surface area contributed by atoms with Crippen LogP contribution in [0.4, 0.5) is 0 Å². The van der Waals surface area contributed by atoms with Gasteiger partial charge in [0.15, 0.2) is 0 Å². The first-order chi connectivity index (χ1) is 9.09. The van der Waals surface area contributed by atoms with Crippen molar-refractivity contribution in [3.05, 3.63) is 47.5 Å². The number of rotatable bonds is 5. The largest absolute Gasteiger partial charge is 0.303 e. The highest BCUT2D eigenvalue weighted by Gasteiger charge is 2.11. The summed E-state index contributed by atoms with van der Waals surface area (Å²) in [6, 6.07) is 9.11. The van der Waals surface area contributed by atoms with E-state index in [-0.39, 0.29) is 0 Å². The Kier molecular flexibility index (Phi) is 4.32. The lowest BCUT2D eigenvalue weighted by atomic mass is 10.0. The van der Waals surface area contributed by atoms with Crippen LogP contribution in [0.5, 0.6) is 0 Å². The average molecular weight is 258 g/mol. The van der Waals surface area contributed by atoms with Gasteiger partial charge in [-0.25, -0.2) is 9.67 Å². The standard InChI is InChI=1S/C15H22N4/c1-11(2)19-15(17-10-18-19)9-16-13(4)14-8-6-5-7-12(14)3/h5-8,10-11,13,16H,9H2,1-4H3/t13-/m0/s1. The van der Waals surface area contributed by atoms with Crippen LogP contribution in [0, 0.1) is 6.92 Å². The third-order valence-corrected chi connectivity index (χ3v) is 3.36. The van der Waals surface area contributed by atoms with E-state index in [1.54, 1.807) is 6.33 Å². The van der Waals surface area contributed by atoms with Crippen molar-refractivity contribution in [1.29, 1.82) is 0 Å². The number of benzene rings is 1. The fraction of sp³-hybridized carbons (Fsp3) is 0.467. The molecule has 0 spiro atoms. The maximum atomic E-state index is 4.31. The summed E-state index contributed by atoms with van der Waals surface area (Å²) < 4.78 is 1.96. The summed E-state index contributed by atoms with van der Waals surface area (Å²) in [7, 11) is 0. The highest BCUT2D eigenvalue weighted by atomic mass is 15.4. The van der Waals surface area contributed by atoms with Crippen molar-refractivity contribution in [2.24, 2.45) is 0 Å². The molecule has 0 fully saturated rings. The van der Waals surface area contributed by atoms with Gasteiger partial charge in [0.25, 0.3) is 0 Å². The van der Waals surface area contributed by atoms with Crippen molar-refractivity contribution in [2.75, 3.05) is 0 Å². The van der Waals surface area contributed by atoms with E-state index in [0.29, 0.717) is 12.1 Å². The van der Waals surface area contributed by atoms with Crippen molar-refractivity contribution >= 4 is 0 Å². The fourth-order valence-corrected chi connectivity index (χ4v) is 2.26. The molecular weight excluding hydrogens is 236 g/mol. The smallest absolute Gasteiger partial charge is 0.141 e. The minimum absolute atomic E-state index is 0.304. The minimum atomic E-state index is 0.304. The Labute approximate surface area is 114 Å². The first-order valence-corrected chi connectivity index (χ1v) is 6.77. The zero-order valence-corrected chi connectivity index (χ0v) is 12.1. The molecule has 19 heavy (non-hydrogen) atoms. The number of hydrogen-bond donors (Lipinski definition) is 1. The molecule has 2 rings (SSSR count). The molecular formula is C15H22N4. The zero-order valence-electron chi connectivity index (χ0n) is 12.1. The highest BCUT2D eigenvalue weighted by molar-refractivity contribution is 5.28. The van der Waals surface area contributed by atoms with Gasteiger partial charge in [-0.2, -0.15) is 5.10 Å². The number of nitrogens with one attached hydrogen (secondary N) is 1. The Morgan fingerprint density at radius 3 is 2.63 bits per heavy atom. The van der Waals surface area contributed by atoms with Gasteiger partial charge >= 0.3 is 0 Å². The summed E-state index contributed by atoms with van der Waals surface area (Å²) in [5.74, 6) is 0.982. The van der Waals surface area contributed by atoms with Crippen molar-refractivity contribution < 1.29 is 0 Å². The monoisotopic (exact) mass is 258 g/mol. The quantitative estimate of drug-likeness (QED) is 0.896. The van der Waals surface area contributed by atoms with Crippen LogP contribution in [0.1, 0.15) is 49.8 Å². The van der Waals surface area contributed by atoms with E-state index in [1.165, 1.54) is 11.1 Å². The lowest BCUT2D eigenvalue weighted by Gasteiger charge is -2.17. The van der Waals surface area contributed by atoms with Crippen LogP contribution >= 0.6 is 0 Å². The van der Waals surface area contributed by atoms with Crippen LogP contribution in [0.2, 0.25) is 0 Å². The Balaban J connectivity index is 2.03. The van der Waals surface area contributed by atoms with E-state index in [0.717, 1.165) is 12.4 Å². The molecule has 0 aliphatic carbocycles. The SMILES string of the molecule is Cc1ccccc1[C@H](C)NCc1ncnn1C(C)C. The van der Waals surface area contributed by atoms with Crippen LogP contribution in [-0.2, 0) is 6.54 Å². The highest BCUT2D eigenvalue weighted by Crippen LogP contribution is 2.17. The molecule has 0 saturated carbocycles. The summed E-state index contributed by atoms with van der Waals surface area (Å²) in [5.41, 5.74) is 2.64. The van der Waals surface area contributed by atoms with Gasteiger partial charge in [-0.1, -0.05) is 24.3 Å². The van der Waals surface area contributed by atoms with Gasteiger partial charge < -0.3 is 5.32 Å². The molecule has 2 aromatic rings. The van der Waals surface area contributed by atoms with Gasteiger partial charge in [0.1, 0.15) is 12.2 Å². The minimum Gasteiger partial charge on any atom is -0.303 e. The van der Waals surface area contributed by atoms with Crippen LogP contribution < -0.4 is 5.32 Å². The van der Waals surface area contributed by atoms with E-state index in [2.05, 4.69) is 67.4 Å². The van der Waals surface area contributed by atoms with Gasteiger partial charge in [-0.05, 0) is 38.8 Å². The van der Waals surface area contributed by atoms with Crippen molar-refractivity contribution in [3.8, 4) is 0 Å². The van der Waals surface area contributed by atoms with Crippen molar-refractivity contribution in [3.63, 3.8) is 0 Å². The molecule has 0 aliphatic rings.